The molecule has 140 valence electrons. The van der Waals surface area contributed by atoms with Crippen molar-refractivity contribution in [1.29, 1.82) is 0 Å². The number of amides is 1. The molecule has 1 aromatic carbocycles. The number of Topliss-reactive ketones (excluding diaryl/α,β-unsaturated/α-hetero) is 1. The minimum atomic E-state index is -0.734. The van der Waals surface area contributed by atoms with Crippen LogP contribution in [0.5, 0.6) is 0 Å². The van der Waals surface area contributed by atoms with Crippen LogP contribution in [-0.2, 0) is 9.59 Å². The van der Waals surface area contributed by atoms with Crippen molar-refractivity contribution in [2.24, 2.45) is 0 Å². The van der Waals surface area contributed by atoms with E-state index in [1.165, 1.54) is 4.90 Å². The van der Waals surface area contributed by atoms with Crippen LogP contribution in [0.2, 0.25) is 5.02 Å². The van der Waals surface area contributed by atoms with E-state index in [-0.39, 0.29) is 11.3 Å². The molecular formula is C20H20ClN3O3. The van der Waals surface area contributed by atoms with Gasteiger partial charge < -0.3 is 14.9 Å². The molecule has 1 N–H and O–H groups in total. The van der Waals surface area contributed by atoms with E-state index in [2.05, 4.69) is 4.98 Å². The maximum absolute atomic E-state index is 12.7. The summed E-state index contributed by atoms with van der Waals surface area (Å²) in [5, 5.41) is 11.3. The number of aromatic nitrogens is 1. The van der Waals surface area contributed by atoms with Gasteiger partial charge in [0, 0.05) is 29.9 Å². The van der Waals surface area contributed by atoms with Crippen LogP contribution in [0.3, 0.4) is 0 Å². The smallest absolute Gasteiger partial charge is 0.295 e. The average Bonchev–Trinajstić information content (AvgIpc) is 2.91. The zero-order valence-corrected chi connectivity index (χ0v) is 15.8. The Balaban J connectivity index is 2.12. The van der Waals surface area contributed by atoms with E-state index >= 15 is 0 Å². The van der Waals surface area contributed by atoms with Crippen LogP contribution in [0.25, 0.3) is 5.76 Å². The number of hydrogen-bond acceptors (Lipinski definition) is 5. The van der Waals surface area contributed by atoms with E-state index in [0.717, 1.165) is 0 Å². The van der Waals surface area contributed by atoms with Crippen LogP contribution in [0.4, 0.5) is 0 Å². The quantitative estimate of drug-likeness (QED) is 0.486. The van der Waals surface area contributed by atoms with Crippen molar-refractivity contribution in [2.45, 2.75) is 6.04 Å². The second kappa shape index (κ2) is 7.90. The second-order valence-corrected chi connectivity index (χ2v) is 6.99. The molecule has 2 heterocycles. The van der Waals surface area contributed by atoms with Crippen LogP contribution >= 0.6 is 11.6 Å². The van der Waals surface area contributed by atoms with E-state index in [0.29, 0.717) is 29.4 Å². The molecule has 0 saturated carbocycles. The van der Waals surface area contributed by atoms with Gasteiger partial charge in [-0.05, 0) is 50.5 Å². The molecule has 1 unspecified atom stereocenters. The molecule has 1 saturated heterocycles. The number of aliphatic hydroxyl groups excluding tert-OH is 1. The van der Waals surface area contributed by atoms with Crippen LogP contribution in [0, 0.1) is 0 Å². The third-order valence-corrected chi connectivity index (χ3v) is 4.67. The summed E-state index contributed by atoms with van der Waals surface area (Å²) in [6, 6.07) is 11.0. The molecule has 0 aliphatic carbocycles. The first-order valence-electron chi connectivity index (χ1n) is 8.50. The summed E-state index contributed by atoms with van der Waals surface area (Å²) >= 11 is 5.90. The monoisotopic (exact) mass is 385 g/mol. The van der Waals surface area contributed by atoms with Crippen LogP contribution in [0.1, 0.15) is 17.3 Å². The number of nitrogens with zero attached hydrogens (tertiary/aromatic N) is 3. The van der Waals surface area contributed by atoms with Crippen LogP contribution in [0.15, 0.2) is 54.2 Å². The van der Waals surface area contributed by atoms with Gasteiger partial charge in [-0.15, -0.1) is 0 Å². The lowest BCUT2D eigenvalue weighted by atomic mass is 9.98. The number of carbonyl (C=O) groups is 2. The fourth-order valence-electron chi connectivity index (χ4n) is 3.03. The topological polar surface area (TPSA) is 73.7 Å². The Labute approximate surface area is 162 Å². The van der Waals surface area contributed by atoms with Crippen molar-refractivity contribution in [1.82, 2.24) is 14.8 Å². The lowest BCUT2D eigenvalue weighted by Gasteiger charge is -2.25. The number of benzene rings is 1. The number of halogens is 1. The van der Waals surface area contributed by atoms with E-state index in [4.69, 9.17) is 11.6 Å². The van der Waals surface area contributed by atoms with Gasteiger partial charge in [0.25, 0.3) is 11.7 Å². The highest BCUT2D eigenvalue weighted by molar-refractivity contribution is 6.46. The third kappa shape index (κ3) is 3.86. The zero-order chi connectivity index (χ0) is 19.6. The first kappa shape index (κ1) is 19.1. The highest BCUT2D eigenvalue weighted by Crippen LogP contribution is 2.38. The van der Waals surface area contributed by atoms with Crippen LogP contribution in [-0.4, -0.2) is 58.8 Å². The van der Waals surface area contributed by atoms with Gasteiger partial charge in [-0.25, -0.2) is 0 Å². The third-order valence-electron chi connectivity index (χ3n) is 4.41. The summed E-state index contributed by atoms with van der Waals surface area (Å²) in [7, 11) is 3.78. The van der Waals surface area contributed by atoms with E-state index in [9.17, 15) is 14.7 Å². The first-order chi connectivity index (χ1) is 12.9. The van der Waals surface area contributed by atoms with Crippen molar-refractivity contribution in [2.75, 3.05) is 27.2 Å². The fourth-order valence-corrected chi connectivity index (χ4v) is 3.15. The Morgan fingerprint density at radius 1 is 1.19 bits per heavy atom. The minimum Gasteiger partial charge on any atom is -0.507 e. The molecule has 0 spiro atoms. The number of rotatable bonds is 5. The van der Waals surface area contributed by atoms with Gasteiger partial charge in [0.1, 0.15) is 11.8 Å². The summed E-state index contributed by atoms with van der Waals surface area (Å²) in [6.45, 7) is 0.924. The number of hydrogen-bond donors (Lipinski definition) is 1. The number of likely N-dealkylation sites (tertiary alicyclic amines) is 1. The van der Waals surface area contributed by atoms with Gasteiger partial charge >= 0.3 is 0 Å². The molecule has 1 aliphatic rings. The highest BCUT2D eigenvalue weighted by atomic mass is 35.5. The molecule has 6 nitrogen and oxygen atoms in total. The molecule has 1 atom stereocenters. The second-order valence-electron chi connectivity index (χ2n) is 6.56. The molecule has 3 rings (SSSR count). The molecule has 0 radical (unpaired) electrons. The van der Waals surface area contributed by atoms with Gasteiger partial charge in [-0.2, -0.15) is 0 Å². The van der Waals surface area contributed by atoms with E-state index in [1.807, 2.05) is 19.0 Å². The van der Waals surface area contributed by atoms with E-state index < -0.39 is 17.7 Å². The maximum atomic E-state index is 12.7. The van der Waals surface area contributed by atoms with Crippen LogP contribution < -0.4 is 0 Å². The fraction of sp³-hybridized carbons (Fsp3) is 0.250. The number of likely N-dealkylation sites (N-methyl/N-ethyl adjacent to an activating group) is 1. The van der Waals surface area contributed by atoms with Crippen molar-refractivity contribution < 1.29 is 14.7 Å². The van der Waals surface area contributed by atoms with Crippen molar-refractivity contribution >= 4 is 29.1 Å². The molecular weight excluding hydrogens is 366 g/mol. The zero-order valence-electron chi connectivity index (χ0n) is 15.1. The number of aliphatic hydroxyl groups is 1. The Bertz CT molecular complexity index is 879. The number of carbonyl (C=O) groups excluding carboxylic acids is 2. The Hall–Kier alpha value is -2.70. The van der Waals surface area contributed by atoms with Crippen molar-refractivity contribution in [3.63, 3.8) is 0 Å². The average molecular weight is 386 g/mol. The standard InChI is InChI=1S/C20H20ClN3O3/c1-23(2)11-12-24-17(15-5-3-4-10-22-15)16(19(26)20(24)27)18(25)13-6-8-14(21)9-7-13/h3-10,17,25H,11-12H2,1-2H3. The predicted molar refractivity (Wildman–Crippen MR) is 103 cm³/mol. The molecule has 1 fully saturated rings. The summed E-state index contributed by atoms with van der Waals surface area (Å²) in [5.74, 6) is -1.58. The van der Waals surface area contributed by atoms with Gasteiger partial charge in [0.05, 0.1) is 11.3 Å². The maximum Gasteiger partial charge on any atom is 0.295 e. The predicted octanol–water partition coefficient (Wildman–Crippen LogP) is 2.72. The largest absolute Gasteiger partial charge is 0.507 e. The summed E-state index contributed by atoms with van der Waals surface area (Å²) in [6.07, 6.45) is 1.60. The van der Waals surface area contributed by atoms with Crippen molar-refractivity contribution in [3.05, 3.63) is 70.5 Å². The number of ketones is 1. The Morgan fingerprint density at radius 3 is 2.48 bits per heavy atom. The normalized spacial score (nSPS) is 19.1. The Kier molecular flexibility index (Phi) is 5.58. The lowest BCUT2D eigenvalue weighted by Crippen LogP contribution is -2.35. The van der Waals surface area contributed by atoms with Crippen molar-refractivity contribution in [3.8, 4) is 0 Å². The van der Waals surface area contributed by atoms with E-state index in [1.54, 1.807) is 48.7 Å². The number of pyridine rings is 1. The van der Waals surface area contributed by atoms with Gasteiger partial charge in [-0.1, -0.05) is 17.7 Å². The van der Waals surface area contributed by atoms with Gasteiger partial charge in [-0.3, -0.25) is 14.6 Å². The summed E-state index contributed by atoms with van der Waals surface area (Å²) < 4.78 is 0. The molecule has 0 bridgehead atoms. The Morgan fingerprint density at radius 2 is 1.89 bits per heavy atom. The molecule has 7 heteroatoms. The van der Waals surface area contributed by atoms with Gasteiger partial charge in [0.15, 0.2) is 0 Å². The highest BCUT2D eigenvalue weighted by Gasteiger charge is 2.46. The molecule has 1 amide bonds. The molecule has 27 heavy (non-hydrogen) atoms. The van der Waals surface area contributed by atoms with Gasteiger partial charge in [0.2, 0.25) is 0 Å². The summed E-state index contributed by atoms with van der Waals surface area (Å²) in [5.41, 5.74) is 0.997. The summed E-state index contributed by atoms with van der Waals surface area (Å²) in [4.78, 5) is 33.1. The molecule has 1 aromatic heterocycles. The molecule has 2 aromatic rings. The SMILES string of the molecule is CN(C)CCN1C(=O)C(=O)C(=C(O)c2ccc(Cl)cc2)C1c1ccccn1. The first-order valence-corrected chi connectivity index (χ1v) is 8.88. The lowest BCUT2D eigenvalue weighted by molar-refractivity contribution is -0.140. The minimum absolute atomic E-state index is 0.0415. The molecule has 1 aliphatic heterocycles.